The zero-order chi connectivity index (χ0) is 16.2. The Labute approximate surface area is 148 Å². The summed E-state index contributed by atoms with van der Waals surface area (Å²) >= 11 is 3.35. The highest BCUT2D eigenvalue weighted by Crippen LogP contribution is 2.22. The van der Waals surface area contributed by atoms with Crippen molar-refractivity contribution in [3.63, 3.8) is 0 Å². The van der Waals surface area contributed by atoms with Gasteiger partial charge in [-0.05, 0) is 24.4 Å². The molecular weight excluding hydrogens is 342 g/mol. The number of thiophene rings is 1. The largest absolute Gasteiger partial charge is 0.346 e. The Morgan fingerprint density at radius 3 is 2.79 bits per heavy atom. The van der Waals surface area contributed by atoms with Gasteiger partial charge in [-0.2, -0.15) is 4.98 Å². The zero-order valence-electron chi connectivity index (χ0n) is 13.3. The number of thiazole rings is 1. The standard InChI is InChI=1S/C16H19N5OS2/c1(4-14-18-15(19-22-14)13-3-2-11-23-13)6-20-7-9-21(10-8-20)16-17-5-12-24-16/h2-3,5,11-12H,1,4,6-10H2. The van der Waals surface area contributed by atoms with E-state index in [-0.39, 0.29) is 0 Å². The van der Waals surface area contributed by atoms with Crippen LogP contribution in [0, 0.1) is 0 Å². The predicted molar refractivity (Wildman–Crippen MR) is 96.7 cm³/mol. The van der Waals surface area contributed by atoms with Crippen molar-refractivity contribution in [2.24, 2.45) is 0 Å². The molecule has 3 aromatic rings. The molecule has 4 rings (SSSR count). The fourth-order valence-corrected chi connectivity index (χ4v) is 4.20. The summed E-state index contributed by atoms with van der Waals surface area (Å²) in [6, 6.07) is 4.02. The lowest BCUT2D eigenvalue weighted by Crippen LogP contribution is -2.46. The zero-order valence-corrected chi connectivity index (χ0v) is 14.9. The molecule has 0 amide bonds. The maximum Gasteiger partial charge on any atom is 0.227 e. The number of rotatable bonds is 6. The maximum absolute atomic E-state index is 5.36. The normalized spacial score (nSPS) is 15.9. The number of piperazine rings is 1. The van der Waals surface area contributed by atoms with Crippen molar-refractivity contribution in [3.05, 3.63) is 35.0 Å². The second kappa shape index (κ2) is 7.42. The molecule has 0 bridgehead atoms. The fourth-order valence-electron chi connectivity index (χ4n) is 2.85. The van der Waals surface area contributed by atoms with E-state index in [0.717, 1.165) is 61.5 Å². The smallest absolute Gasteiger partial charge is 0.227 e. The van der Waals surface area contributed by atoms with Crippen molar-refractivity contribution in [3.8, 4) is 10.7 Å². The average molecular weight is 361 g/mol. The Kier molecular flexibility index (Phi) is 4.86. The summed E-state index contributed by atoms with van der Waals surface area (Å²) in [6.45, 7) is 5.35. The molecule has 0 radical (unpaired) electrons. The van der Waals surface area contributed by atoms with Crippen LogP contribution < -0.4 is 4.90 Å². The van der Waals surface area contributed by atoms with Crippen molar-refractivity contribution in [2.45, 2.75) is 12.8 Å². The summed E-state index contributed by atoms with van der Waals surface area (Å²) in [5.74, 6) is 1.44. The highest BCUT2D eigenvalue weighted by Gasteiger charge is 2.18. The summed E-state index contributed by atoms with van der Waals surface area (Å²) < 4.78 is 5.36. The highest BCUT2D eigenvalue weighted by molar-refractivity contribution is 7.13. The van der Waals surface area contributed by atoms with E-state index in [1.807, 2.05) is 29.1 Å². The molecule has 0 N–H and O–H groups in total. The number of hydrogen-bond acceptors (Lipinski definition) is 8. The third-order valence-electron chi connectivity index (χ3n) is 4.14. The summed E-state index contributed by atoms with van der Waals surface area (Å²) in [6.07, 6.45) is 3.76. The number of anilines is 1. The van der Waals surface area contributed by atoms with Gasteiger partial charge in [0.25, 0.3) is 0 Å². The Morgan fingerprint density at radius 1 is 1.12 bits per heavy atom. The Bertz CT molecular complexity index is 732. The number of hydrogen-bond donors (Lipinski definition) is 0. The van der Waals surface area contributed by atoms with Crippen molar-refractivity contribution < 1.29 is 4.52 Å². The molecule has 0 unspecified atom stereocenters. The first-order chi connectivity index (χ1) is 11.9. The molecule has 0 spiro atoms. The van der Waals surface area contributed by atoms with Crippen LogP contribution in [0.25, 0.3) is 10.7 Å². The van der Waals surface area contributed by atoms with Gasteiger partial charge in [0.1, 0.15) is 0 Å². The van der Waals surface area contributed by atoms with E-state index >= 15 is 0 Å². The molecule has 1 aliphatic heterocycles. The molecular formula is C16H19N5OS2. The van der Waals surface area contributed by atoms with Gasteiger partial charge >= 0.3 is 0 Å². The van der Waals surface area contributed by atoms with Crippen LogP contribution in [0.3, 0.4) is 0 Å². The lowest BCUT2D eigenvalue weighted by molar-refractivity contribution is 0.251. The first kappa shape index (κ1) is 15.7. The summed E-state index contributed by atoms with van der Waals surface area (Å²) in [4.78, 5) is 14.8. The van der Waals surface area contributed by atoms with Crippen molar-refractivity contribution in [1.82, 2.24) is 20.0 Å². The van der Waals surface area contributed by atoms with Gasteiger partial charge in [-0.1, -0.05) is 11.2 Å². The first-order valence-electron chi connectivity index (χ1n) is 8.12. The lowest BCUT2D eigenvalue weighted by Gasteiger charge is -2.34. The number of aryl methyl sites for hydroxylation is 1. The lowest BCUT2D eigenvalue weighted by atomic mass is 10.2. The number of aromatic nitrogens is 3. The minimum Gasteiger partial charge on any atom is -0.346 e. The third kappa shape index (κ3) is 3.66. The molecule has 0 saturated carbocycles. The van der Waals surface area contributed by atoms with Crippen LogP contribution in [0.4, 0.5) is 5.13 Å². The van der Waals surface area contributed by atoms with Crippen LogP contribution in [0.5, 0.6) is 0 Å². The molecule has 1 aliphatic rings. The van der Waals surface area contributed by atoms with Crippen LogP contribution in [0.15, 0.2) is 33.6 Å². The molecule has 1 saturated heterocycles. The molecule has 0 aromatic carbocycles. The van der Waals surface area contributed by atoms with Crippen molar-refractivity contribution >= 4 is 27.8 Å². The molecule has 0 atom stereocenters. The first-order valence-corrected chi connectivity index (χ1v) is 9.88. The van der Waals surface area contributed by atoms with Gasteiger partial charge in [0, 0.05) is 44.2 Å². The van der Waals surface area contributed by atoms with Crippen molar-refractivity contribution in [1.29, 1.82) is 0 Å². The van der Waals surface area contributed by atoms with Gasteiger partial charge in [-0.3, -0.25) is 4.90 Å². The van der Waals surface area contributed by atoms with Gasteiger partial charge in [0.05, 0.1) is 4.88 Å². The van der Waals surface area contributed by atoms with Gasteiger partial charge in [0.15, 0.2) is 5.13 Å². The summed E-state index contributed by atoms with van der Waals surface area (Å²) in [7, 11) is 0. The second-order valence-corrected chi connectivity index (χ2v) is 7.56. The molecule has 4 heterocycles. The molecule has 6 nitrogen and oxygen atoms in total. The summed E-state index contributed by atoms with van der Waals surface area (Å²) in [5.41, 5.74) is 0. The summed E-state index contributed by atoms with van der Waals surface area (Å²) in [5, 5.41) is 9.26. The minimum atomic E-state index is 0.706. The minimum absolute atomic E-state index is 0.706. The van der Waals surface area contributed by atoms with E-state index in [2.05, 4.69) is 24.9 Å². The van der Waals surface area contributed by atoms with Crippen LogP contribution in [-0.2, 0) is 6.42 Å². The van der Waals surface area contributed by atoms with Crippen molar-refractivity contribution in [2.75, 3.05) is 37.6 Å². The third-order valence-corrected chi connectivity index (χ3v) is 5.83. The molecule has 8 heteroatoms. The monoisotopic (exact) mass is 361 g/mol. The Hall–Kier alpha value is -1.77. The van der Waals surface area contributed by atoms with Crippen LogP contribution in [0.1, 0.15) is 12.3 Å². The quantitative estimate of drug-likeness (QED) is 0.673. The highest BCUT2D eigenvalue weighted by atomic mass is 32.1. The van der Waals surface area contributed by atoms with Gasteiger partial charge in [0.2, 0.25) is 11.7 Å². The SMILES string of the molecule is c1csc(-c2noc(CCCN3CCN(c4nccs4)CC3)n2)c1. The van der Waals surface area contributed by atoms with Crippen LogP contribution in [0.2, 0.25) is 0 Å². The van der Waals surface area contributed by atoms with E-state index in [4.69, 9.17) is 4.52 Å². The number of nitrogens with zero attached hydrogens (tertiary/aromatic N) is 5. The van der Waals surface area contributed by atoms with E-state index in [0.29, 0.717) is 5.82 Å². The second-order valence-electron chi connectivity index (χ2n) is 5.74. The fraction of sp³-hybridized carbons (Fsp3) is 0.438. The Balaban J connectivity index is 1.21. The molecule has 1 fully saturated rings. The maximum atomic E-state index is 5.36. The van der Waals surface area contributed by atoms with Gasteiger partial charge < -0.3 is 9.42 Å². The van der Waals surface area contributed by atoms with Crippen LogP contribution >= 0.6 is 22.7 Å². The van der Waals surface area contributed by atoms with E-state index in [1.54, 1.807) is 22.7 Å². The topological polar surface area (TPSA) is 58.3 Å². The Morgan fingerprint density at radius 2 is 2.04 bits per heavy atom. The predicted octanol–water partition coefficient (Wildman–Crippen LogP) is 3.01. The van der Waals surface area contributed by atoms with Gasteiger partial charge in [-0.25, -0.2) is 4.98 Å². The molecule has 3 aromatic heterocycles. The molecule has 126 valence electrons. The molecule has 0 aliphatic carbocycles. The van der Waals surface area contributed by atoms with Crippen LogP contribution in [-0.4, -0.2) is 52.7 Å². The average Bonchev–Trinajstić information content (AvgIpc) is 3.37. The molecule has 24 heavy (non-hydrogen) atoms. The van der Waals surface area contributed by atoms with E-state index in [9.17, 15) is 0 Å². The van der Waals surface area contributed by atoms with Gasteiger partial charge in [-0.15, -0.1) is 22.7 Å². The van der Waals surface area contributed by atoms with E-state index in [1.165, 1.54) is 0 Å². The van der Waals surface area contributed by atoms with E-state index < -0.39 is 0 Å².